The molecule has 2 aromatic rings. The molecule has 11 heteroatoms. The van der Waals surface area contributed by atoms with Crippen molar-refractivity contribution in [3.8, 4) is 11.8 Å². The predicted octanol–water partition coefficient (Wildman–Crippen LogP) is 4.69. The first-order valence-corrected chi connectivity index (χ1v) is 10.6. The molecule has 1 unspecified atom stereocenters. The second kappa shape index (κ2) is 10.6. The monoisotopic (exact) mass is 485 g/mol. The van der Waals surface area contributed by atoms with Gasteiger partial charge in [0.15, 0.2) is 11.2 Å². The predicted molar refractivity (Wildman–Crippen MR) is 121 cm³/mol. The molecule has 2 rings (SSSR count). The molecule has 0 spiro atoms. The summed E-state index contributed by atoms with van der Waals surface area (Å²) in [6.07, 6.45) is -0.918. The van der Waals surface area contributed by atoms with Crippen molar-refractivity contribution >= 4 is 68.7 Å². The number of nitrogens with zero attached hydrogens (tertiary/aromatic N) is 1. The highest BCUT2D eigenvalue weighted by molar-refractivity contribution is 7.80. The summed E-state index contributed by atoms with van der Waals surface area (Å²) in [6, 6.07) is 6.66. The lowest BCUT2D eigenvalue weighted by Crippen LogP contribution is -2.42. The van der Waals surface area contributed by atoms with E-state index >= 15 is 0 Å². The van der Waals surface area contributed by atoms with E-state index < -0.39 is 18.0 Å². The van der Waals surface area contributed by atoms with Crippen LogP contribution in [-0.2, 0) is 9.53 Å². The SMILES string of the molecule is CCOC(=O)c1sc(NC(=S)NC(=O)C(C)Oc2ccc(Cl)cc2Cl)c(C#N)c1C. The summed E-state index contributed by atoms with van der Waals surface area (Å²) >= 11 is 18.1. The van der Waals surface area contributed by atoms with E-state index in [0.29, 0.717) is 26.2 Å². The van der Waals surface area contributed by atoms with Crippen LogP contribution in [0.5, 0.6) is 5.75 Å². The van der Waals surface area contributed by atoms with E-state index in [1.54, 1.807) is 26.0 Å². The van der Waals surface area contributed by atoms with Gasteiger partial charge in [-0.1, -0.05) is 23.2 Å². The Kier molecular flexibility index (Phi) is 8.43. The van der Waals surface area contributed by atoms with Crippen molar-refractivity contribution in [2.24, 2.45) is 0 Å². The first-order chi connectivity index (χ1) is 14.2. The number of esters is 1. The van der Waals surface area contributed by atoms with E-state index in [-0.39, 0.29) is 22.3 Å². The average molecular weight is 486 g/mol. The number of rotatable bonds is 6. The molecule has 1 atom stereocenters. The fourth-order valence-electron chi connectivity index (χ4n) is 2.29. The number of hydrogen-bond acceptors (Lipinski definition) is 7. The van der Waals surface area contributed by atoms with Crippen molar-refractivity contribution in [1.29, 1.82) is 5.26 Å². The van der Waals surface area contributed by atoms with E-state index in [1.165, 1.54) is 13.0 Å². The molecule has 1 aromatic carbocycles. The second-order valence-corrected chi connectivity index (χ2v) is 8.14. The number of ether oxygens (including phenoxy) is 2. The Bertz CT molecular complexity index is 1030. The Morgan fingerprint density at radius 2 is 2.07 bits per heavy atom. The Labute approximate surface area is 192 Å². The summed E-state index contributed by atoms with van der Waals surface area (Å²) in [5.74, 6) is -0.764. The fourth-order valence-corrected chi connectivity index (χ4v) is 4.07. The number of thiocarbonyl (C=S) groups is 1. The summed E-state index contributed by atoms with van der Waals surface area (Å²) in [7, 11) is 0. The summed E-state index contributed by atoms with van der Waals surface area (Å²) < 4.78 is 10.5. The summed E-state index contributed by atoms with van der Waals surface area (Å²) in [6.45, 7) is 5.07. The Morgan fingerprint density at radius 3 is 2.67 bits per heavy atom. The second-order valence-electron chi connectivity index (χ2n) is 5.87. The lowest BCUT2D eigenvalue weighted by Gasteiger charge is -2.16. The zero-order chi connectivity index (χ0) is 22.4. The number of carbonyl (C=O) groups is 2. The molecule has 2 N–H and O–H groups in total. The maximum absolute atomic E-state index is 12.4. The van der Waals surface area contributed by atoms with E-state index in [9.17, 15) is 14.9 Å². The van der Waals surface area contributed by atoms with Crippen LogP contribution in [0.3, 0.4) is 0 Å². The molecule has 1 amide bonds. The molecule has 7 nitrogen and oxygen atoms in total. The first-order valence-electron chi connectivity index (χ1n) is 8.62. The van der Waals surface area contributed by atoms with E-state index in [2.05, 4.69) is 10.6 Å². The maximum atomic E-state index is 12.4. The average Bonchev–Trinajstić information content (AvgIpc) is 2.99. The molecule has 0 bridgehead atoms. The van der Waals surface area contributed by atoms with Crippen LogP contribution in [0.25, 0.3) is 0 Å². The highest BCUT2D eigenvalue weighted by Crippen LogP contribution is 2.33. The third-order valence-corrected chi connectivity index (χ3v) is 5.67. The molecule has 0 aliphatic heterocycles. The molecule has 0 saturated carbocycles. The van der Waals surface area contributed by atoms with E-state index in [4.69, 9.17) is 44.9 Å². The number of anilines is 1. The molecule has 0 saturated heterocycles. The molecule has 1 heterocycles. The lowest BCUT2D eigenvalue weighted by atomic mass is 10.2. The molecule has 0 aliphatic carbocycles. The van der Waals surface area contributed by atoms with Gasteiger partial charge >= 0.3 is 5.97 Å². The van der Waals surface area contributed by atoms with Gasteiger partial charge in [0, 0.05) is 5.02 Å². The Hall–Kier alpha value is -2.38. The summed E-state index contributed by atoms with van der Waals surface area (Å²) in [5.41, 5.74) is 0.726. The topological polar surface area (TPSA) is 100 Å². The van der Waals surface area contributed by atoms with Gasteiger partial charge in [-0.3, -0.25) is 10.1 Å². The largest absolute Gasteiger partial charge is 0.479 e. The number of amides is 1. The van der Waals surface area contributed by atoms with Crippen LogP contribution in [0, 0.1) is 18.3 Å². The van der Waals surface area contributed by atoms with Gasteiger partial charge in [0.1, 0.15) is 21.7 Å². The zero-order valence-corrected chi connectivity index (χ0v) is 19.3. The van der Waals surface area contributed by atoms with Crippen molar-refractivity contribution in [3.63, 3.8) is 0 Å². The summed E-state index contributed by atoms with van der Waals surface area (Å²) in [5, 5.41) is 15.7. The van der Waals surface area contributed by atoms with Gasteiger partial charge in [0.2, 0.25) is 0 Å². The quantitative estimate of drug-likeness (QED) is 0.451. The number of benzene rings is 1. The molecular weight excluding hydrogens is 469 g/mol. The molecule has 0 fully saturated rings. The number of hydrogen-bond donors (Lipinski definition) is 2. The minimum absolute atomic E-state index is 0.0502. The molecule has 0 aliphatic rings. The maximum Gasteiger partial charge on any atom is 0.348 e. The number of nitrogens with one attached hydrogen (secondary N) is 2. The minimum Gasteiger partial charge on any atom is -0.479 e. The van der Waals surface area contributed by atoms with Gasteiger partial charge < -0.3 is 14.8 Å². The van der Waals surface area contributed by atoms with Crippen molar-refractivity contribution in [3.05, 3.63) is 44.2 Å². The van der Waals surface area contributed by atoms with Crippen molar-refractivity contribution in [2.45, 2.75) is 26.9 Å². The van der Waals surface area contributed by atoms with Crippen LogP contribution in [-0.4, -0.2) is 29.7 Å². The van der Waals surface area contributed by atoms with Crippen LogP contribution in [0.1, 0.15) is 34.6 Å². The highest BCUT2D eigenvalue weighted by atomic mass is 35.5. The van der Waals surface area contributed by atoms with Gasteiger partial charge in [-0.15, -0.1) is 11.3 Å². The van der Waals surface area contributed by atoms with Gasteiger partial charge in [0.25, 0.3) is 5.91 Å². The lowest BCUT2D eigenvalue weighted by molar-refractivity contribution is -0.125. The number of nitriles is 1. The minimum atomic E-state index is -0.918. The van der Waals surface area contributed by atoms with E-state index in [1.807, 2.05) is 6.07 Å². The van der Waals surface area contributed by atoms with Crippen LogP contribution in [0.15, 0.2) is 18.2 Å². The van der Waals surface area contributed by atoms with Gasteiger partial charge in [-0.2, -0.15) is 5.26 Å². The summed E-state index contributed by atoms with van der Waals surface area (Å²) in [4.78, 5) is 24.7. The number of carbonyl (C=O) groups excluding carboxylic acids is 2. The normalized spacial score (nSPS) is 11.2. The van der Waals surface area contributed by atoms with Gasteiger partial charge in [0.05, 0.1) is 17.2 Å². The molecule has 30 heavy (non-hydrogen) atoms. The Morgan fingerprint density at radius 1 is 1.37 bits per heavy atom. The highest BCUT2D eigenvalue weighted by Gasteiger charge is 2.23. The molecular formula is C19H17Cl2N3O4S2. The number of thiophene rings is 1. The Balaban J connectivity index is 2.06. The van der Waals surface area contributed by atoms with Crippen molar-refractivity contribution in [1.82, 2.24) is 5.32 Å². The van der Waals surface area contributed by atoms with Gasteiger partial charge in [-0.05, 0) is 56.8 Å². The first kappa shape index (κ1) is 23.9. The van der Waals surface area contributed by atoms with Crippen molar-refractivity contribution < 1.29 is 19.1 Å². The third-order valence-electron chi connectivity index (χ3n) is 3.75. The fraction of sp³-hybridized carbons (Fsp3) is 0.263. The molecule has 158 valence electrons. The van der Waals surface area contributed by atoms with Crippen LogP contribution in [0.4, 0.5) is 5.00 Å². The van der Waals surface area contributed by atoms with Crippen LogP contribution < -0.4 is 15.4 Å². The third kappa shape index (κ3) is 5.83. The van der Waals surface area contributed by atoms with Crippen LogP contribution >= 0.6 is 46.8 Å². The van der Waals surface area contributed by atoms with Crippen LogP contribution in [0.2, 0.25) is 10.0 Å². The van der Waals surface area contributed by atoms with E-state index in [0.717, 1.165) is 11.3 Å². The number of halogens is 2. The standard InChI is InChI=1S/C19H17Cl2N3O4S2/c1-4-27-18(26)15-9(2)12(8-22)17(30-15)24-19(29)23-16(25)10(3)28-14-6-5-11(20)7-13(14)21/h5-7,10H,4H2,1-3H3,(H2,23,24,25,29). The molecule has 1 aromatic heterocycles. The molecule has 0 radical (unpaired) electrons. The zero-order valence-electron chi connectivity index (χ0n) is 16.2. The van der Waals surface area contributed by atoms with Crippen molar-refractivity contribution in [2.75, 3.05) is 11.9 Å². The smallest absolute Gasteiger partial charge is 0.348 e. The van der Waals surface area contributed by atoms with Gasteiger partial charge in [-0.25, -0.2) is 4.79 Å².